The highest BCUT2D eigenvalue weighted by Crippen LogP contribution is 2.49. The van der Waals surface area contributed by atoms with E-state index in [1.54, 1.807) is 0 Å². The van der Waals surface area contributed by atoms with Gasteiger partial charge in [-0.25, -0.2) is 9.61 Å². The Morgan fingerprint density at radius 2 is 2.14 bits per heavy atom. The summed E-state index contributed by atoms with van der Waals surface area (Å²) in [4.78, 5) is 4.28. The Hall–Kier alpha value is -2.47. The number of aliphatic hydroxyl groups excluding tert-OH is 1. The Labute approximate surface area is 126 Å². The molecular weight excluding hydrogens is 280 g/mol. The Morgan fingerprint density at radius 1 is 1.23 bits per heavy atom. The highest BCUT2D eigenvalue weighted by Gasteiger charge is 2.42. The Bertz CT molecular complexity index is 853. The molecule has 0 fully saturated rings. The fourth-order valence-corrected chi connectivity index (χ4v) is 3.92. The lowest BCUT2D eigenvalue weighted by Crippen LogP contribution is -2.28. The lowest BCUT2D eigenvalue weighted by atomic mass is 9.79. The van der Waals surface area contributed by atoms with Gasteiger partial charge >= 0.3 is 0 Å². The molecule has 1 aliphatic carbocycles. The van der Waals surface area contributed by atoms with Gasteiger partial charge in [-0.05, 0) is 18.4 Å². The lowest BCUT2D eigenvalue weighted by molar-refractivity contribution is 0.0662. The number of fused-ring (bicyclic) bond motifs is 4. The zero-order chi connectivity index (χ0) is 14.7. The first-order chi connectivity index (χ1) is 10.8. The van der Waals surface area contributed by atoms with E-state index >= 15 is 0 Å². The summed E-state index contributed by atoms with van der Waals surface area (Å²) in [6, 6.07) is 8.41. The normalized spacial score (nSPS) is 25.6. The topological polar surface area (TPSA) is 77.0 Å². The van der Waals surface area contributed by atoms with Crippen molar-refractivity contribution in [2.24, 2.45) is 5.92 Å². The summed E-state index contributed by atoms with van der Waals surface area (Å²) in [5.74, 6) is 0.0380. The third-order valence-electron chi connectivity index (χ3n) is 4.91. The van der Waals surface area contributed by atoms with E-state index in [-0.39, 0.29) is 12.0 Å². The van der Waals surface area contributed by atoms with Crippen LogP contribution in [-0.4, -0.2) is 25.0 Å². The molecule has 1 aromatic carbocycles. The number of aliphatic hydroxyl groups is 1. The third kappa shape index (κ3) is 1.45. The Kier molecular flexibility index (Phi) is 2.35. The molecule has 0 amide bonds. The van der Waals surface area contributed by atoms with E-state index in [4.69, 9.17) is 4.63 Å². The molecular formula is C16H14N4O2. The first-order valence-corrected chi connectivity index (χ1v) is 7.45. The SMILES string of the molecule is O[C@H]1c2nonc2CC[C@H]1[C@H]1c2ccccc2-c2cncn21. The Morgan fingerprint density at radius 3 is 3.09 bits per heavy atom. The molecule has 2 aromatic heterocycles. The number of aryl methyl sites for hydroxylation is 1. The summed E-state index contributed by atoms with van der Waals surface area (Å²) in [5.41, 5.74) is 4.91. The van der Waals surface area contributed by atoms with Crippen LogP contribution in [0, 0.1) is 5.92 Å². The third-order valence-corrected chi connectivity index (χ3v) is 4.91. The summed E-state index contributed by atoms with van der Waals surface area (Å²) in [6.45, 7) is 0. The van der Waals surface area contributed by atoms with E-state index in [0.717, 1.165) is 24.2 Å². The van der Waals surface area contributed by atoms with E-state index in [1.165, 1.54) is 11.1 Å². The van der Waals surface area contributed by atoms with Crippen molar-refractivity contribution in [2.45, 2.75) is 25.0 Å². The maximum Gasteiger partial charge on any atom is 0.137 e. The van der Waals surface area contributed by atoms with Gasteiger partial charge in [-0.1, -0.05) is 34.6 Å². The minimum Gasteiger partial charge on any atom is -0.386 e. The molecule has 0 saturated heterocycles. The second-order valence-electron chi connectivity index (χ2n) is 5.96. The summed E-state index contributed by atoms with van der Waals surface area (Å²) in [7, 11) is 0. The number of hydrogen-bond acceptors (Lipinski definition) is 5. The molecule has 6 nitrogen and oxygen atoms in total. The van der Waals surface area contributed by atoms with Crippen molar-refractivity contribution in [3.63, 3.8) is 0 Å². The summed E-state index contributed by atoms with van der Waals surface area (Å²) in [6.07, 6.45) is 4.70. The van der Waals surface area contributed by atoms with Crippen LogP contribution >= 0.6 is 0 Å². The van der Waals surface area contributed by atoms with E-state index in [1.807, 2.05) is 24.7 Å². The molecule has 0 spiro atoms. The number of nitrogens with zero attached hydrogens (tertiary/aromatic N) is 4. The predicted molar refractivity (Wildman–Crippen MR) is 76.9 cm³/mol. The highest BCUT2D eigenvalue weighted by molar-refractivity contribution is 5.69. The maximum atomic E-state index is 10.8. The van der Waals surface area contributed by atoms with Crippen LogP contribution in [0.3, 0.4) is 0 Å². The molecule has 6 heteroatoms. The van der Waals surface area contributed by atoms with Crippen molar-refractivity contribution in [3.8, 4) is 11.3 Å². The minimum absolute atomic E-state index is 0.0380. The van der Waals surface area contributed by atoms with E-state index in [0.29, 0.717) is 5.69 Å². The minimum atomic E-state index is -0.665. The first kappa shape index (κ1) is 12.1. The predicted octanol–water partition coefficient (Wildman–Crippen LogP) is 2.13. The number of hydrogen-bond donors (Lipinski definition) is 1. The standard InChI is InChI=1S/C16H14N4O2/c21-16-11(5-6-12-14(16)19-22-18-12)15-10-4-2-1-3-9(10)13-7-17-8-20(13)15/h1-4,7-8,11,15-16,21H,5-6H2/t11-,15+,16+/m0/s1. The molecule has 0 saturated carbocycles. The molecule has 3 atom stereocenters. The average Bonchev–Trinajstić information content (AvgIpc) is 3.23. The van der Waals surface area contributed by atoms with Crippen LogP contribution in [0.1, 0.15) is 35.5 Å². The van der Waals surface area contributed by atoms with Crippen molar-refractivity contribution in [1.82, 2.24) is 19.9 Å². The van der Waals surface area contributed by atoms with Gasteiger partial charge in [0.2, 0.25) is 0 Å². The largest absolute Gasteiger partial charge is 0.386 e. The second kappa shape index (κ2) is 4.27. The van der Waals surface area contributed by atoms with Gasteiger partial charge in [0.05, 0.1) is 24.3 Å². The molecule has 0 unspecified atom stereocenters. The zero-order valence-electron chi connectivity index (χ0n) is 11.8. The quantitative estimate of drug-likeness (QED) is 0.744. The van der Waals surface area contributed by atoms with Crippen molar-refractivity contribution in [2.75, 3.05) is 0 Å². The Balaban J connectivity index is 1.65. The fraction of sp³-hybridized carbons (Fsp3) is 0.312. The van der Waals surface area contributed by atoms with Gasteiger partial charge in [0.15, 0.2) is 0 Å². The zero-order valence-corrected chi connectivity index (χ0v) is 11.8. The van der Waals surface area contributed by atoms with Gasteiger partial charge in [-0.3, -0.25) is 0 Å². The monoisotopic (exact) mass is 294 g/mol. The van der Waals surface area contributed by atoms with Gasteiger partial charge in [-0.15, -0.1) is 0 Å². The van der Waals surface area contributed by atoms with Crippen LogP contribution in [0.25, 0.3) is 11.3 Å². The number of benzene rings is 1. The smallest absolute Gasteiger partial charge is 0.137 e. The first-order valence-electron chi connectivity index (χ1n) is 7.45. The highest BCUT2D eigenvalue weighted by atomic mass is 16.6. The molecule has 1 aliphatic heterocycles. The molecule has 5 rings (SSSR count). The van der Waals surface area contributed by atoms with Crippen LogP contribution < -0.4 is 0 Å². The number of rotatable bonds is 1. The molecule has 1 N–H and O–H groups in total. The lowest BCUT2D eigenvalue weighted by Gasteiger charge is -2.32. The molecule has 3 heterocycles. The molecule has 0 radical (unpaired) electrons. The van der Waals surface area contributed by atoms with Gasteiger partial charge in [0, 0.05) is 11.5 Å². The second-order valence-corrected chi connectivity index (χ2v) is 5.96. The molecule has 3 aromatic rings. The van der Waals surface area contributed by atoms with E-state index in [2.05, 4.69) is 32.0 Å². The maximum absolute atomic E-state index is 10.8. The molecule has 22 heavy (non-hydrogen) atoms. The van der Waals surface area contributed by atoms with Crippen LogP contribution in [0.5, 0.6) is 0 Å². The molecule has 2 aliphatic rings. The molecule has 0 bridgehead atoms. The van der Waals surface area contributed by atoms with Crippen molar-refractivity contribution < 1.29 is 9.74 Å². The van der Waals surface area contributed by atoms with Crippen LogP contribution in [0.15, 0.2) is 41.4 Å². The number of imidazole rings is 1. The number of aromatic nitrogens is 4. The summed E-state index contributed by atoms with van der Waals surface area (Å²) >= 11 is 0. The molecule has 110 valence electrons. The van der Waals surface area contributed by atoms with Gasteiger partial charge in [-0.2, -0.15) is 0 Å². The van der Waals surface area contributed by atoms with Gasteiger partial charge in [0.1, 0.15) is 17.5 Å². The summed E-state index contributed by atoms with van der Waals surface area (Å²) < 4.78 is 6.96. The van der Waals surface area contributed by atoms with Crippen LogP contribution in [0.2, 0.25) is 0 Å². The fourth-order valence-electron chi connectivity index (χ4n) is 3.92. The van der Waals surface area contributed by atoms with Crippen molar-refractivity contribution in [3.05, 3.63) is 53.7 Å². The summed E-state index contributed by atoms with van der Waals surface area (Å²) in [5, 5.41) is 18.5. The van der Waals surface area contributed by atoms with E-state index in [9.17, 15) is 5.11 Å². The average molecular weight is 294 g/mol. The van der Waals surface area contributed by atoms with Gasteiger partial charge in [0.25, 0.3) is 0 Å². The van der Waals surface area contributed by atoms with Crippen molar-refractivity contribution in [1.29, 1.82) is 0 Å². The van der Waals surface area contributed by atoms with Gasteiger partial charge < -0.3 is 9.67 Å². The van der Waals surface area contributed by atoms with Crippen LogP contribution in [0.4, 0.5) is 0 Å². The van der Waals surface area contributed by atoms with E-state index < -0.39 is 6.10 Å². The van der Waals surface area contributed by atoms with Crippen LogP contribution in [-0.2, 0) is 6.42 Å². The van der Waals surface area contributed by atoms with Crippen molar-refractivity contribution >= 4 is 0 Å².